The summed E-state index contributed by atoms with van der Waals surface area (Å²) in [6.45, 7) is 2.41. The van der Waals surface area contributed by atoms with Gasteiger partial charge in [0.15, 0.2) is 0 Å². The van der Waals surface area contributed by atoms with Crippen molar-refractivity contribution in [3.8, 4) is 0 Å². The molecule has 1 aromatic carbocycles. The van der Waals surface area contributed by atoms with Crippen molar-refractivity contribution >= 4 is 17.7 Å². The third-order valence-electron chi connectivity index (χ3n) is 4.16. The fourth-order valence-electron chi connectivity index (χ4n) is 2.80. The number of likely N-dealkylation sites (N-methyl/N-ethyl adjacent to an activating group) is 1. The van der Waals surface area contributed by atoms with Crippen LogP contribution in [0.25, 0.3) is 0 Å². The van der Waals surface area contributed by atoms with E-state index in [0.717, 1.165) is 12.1 Å². The second kappa shape index (κ2) is 7.73. The van der Waals surface area contributed by atoms with Gasteiger partial charge in [0.25, 0.3) is 0 Å². The number of rotatable bonds is 6. The maximum absolute atomic E-state index is 12.6. The Morgan fingerprint density at radius 1 is 1.32 bits per heavy atom. The number of hydrogen-bond acceptors (Lipinski definition) is 3. The van der Waals surface area contributed by atoms with Crippen LogP contribution in [0, 0.1) is 0 Å². The zero-order valence-electron chi connectivity index (χ0n) is 13.6. The molecular weight excluding hydrogens is 339 g/mol. The first-order valence-corrected chi connectivity index (χ1v) is 7.89. The summed E-state index contributed by atoms with van der Waals surface area (Å²) >= 11 is 0. The largest absolute Gasteiger partial charge is 0.480 e. The highest BCUT2D eigenvalue weighted by Gasteiger charge is 2.35. The zero-order chi connectivity index (χ0) is 18.6. The first kappa shape index (κ1) is 19.0. The molecule has 138 valence electrons. The smallest absolute Gasteiger partial charge is 0.416 e. The Balaban J connectivity index is 1.82. The van der Waals surface area contributed by atoms with Crippen molar-refractivity contribution in [2.24, 2.45) is 0 Å². The Labute approximate surface area is 143 Å². The Morgan fingerprint density at radius 2 is 2.00 bits per heavy atom. The lowest BCUT2D eigenvalue weighted by Crippen LogP contribution is -2.55. The maximum Gasteiger partial charge on any atom is 0.416 e. The average Bonchev–Trinajstić information content (AvgIpc) is 2.47. The van der Waals surface area contributed by atoms with E-state index < -0.39 is 23.7 Å². The fraction of sp³-hybridized carbons (Fsp3) is 0.500. The van der Waals surface area contributed by atoms with Gasteiger partial charge in [-0.05, 0) is 37.6 Å². The van der Waals surface area contributed by atoms with Gasteiger partial charge in [-0.25, -0.2) is 4.79 Å². The monoisotopic (exact) mass is 359 g/mol. The van der Waals surface area contributed by atoms with Gasteiger partial charge in [0.05, 0.1) is 12.1 Å². The minimum absolute atomic E-state index is 0.0513. The highest BCUT2D eigenvalue weighted by molar-refractivity contribution is 5.89. The van der Waals surface area contributed by atoms with Gasteiger partial charge >= 0.3 is 18.2 Å². The van der Waals surface area contributed by atoms with Crippen LogP contribution in [-0.4, -0.2) is 47.2 Å². The molecule has 0 radical (unpaired) electrons. The Bertz CT molecular complexity index is 631. The minimum Gasteiger partial charge on any atom is -0.480 e. The van der Waals surface area contributed by atoms with Crippen molar-refractivity contribution in [1.29, 1.82) is 0 Å². The average molecular weight is 359 g/mol. The quantitative estimate of drug-likeness (QED) is 0.730. The lowest BCUT2D eigenvalue weighted by Gasteiger charge is -2.42. The molecule has 1 aliphatic rings. The molecule has 2 rings (SSSR count). The summed E-state index contributed by atoms with van der Waals surface area (Å²) in [5.41, 5.74) is -0.773. The SMILES string of the molecule is CCN(CC(=O)O)C1CC(NC(=O)Nc2cccc(C(F)(F)F)c2)C1. The summed E-state index contributed by atoms with van der Waals surface area (Å²) in [6.07, 6.45) is -3.25. The minimum atomic E-state index is -4.47. The van der Waals surface area contributed by atoms with Crippen molar-refractivity contribution in [2.75, 3.05) is 18.4 Å². The molecule has 6 nitrogen and oxygen atoms in total. The molecule has 0 spiro atoms. The summed E-state index contributed by atoms with van der Waals surface area (Å²) in [4.78, 5) is 24.5. The van der Waals surface area contributed by atoms with Crippen LogP contribution in [0.2, 0.25) is 0 Å². The standard InChI is InChI=1S/C16H20F3N3O3/c1-2-22(9-14(23)24)13-7-12(8-13)21-15(25)20-11-5-3-4-10(6-11)16(17,18)19/h3-6,12-13H,2,7-9H2,1H3,(H,23,24)(H2,20,21,25). The van der Waals surface area contributed by atoms with Gasteiger partial charge in [-0.1, -0.05) is 13.0 Å². The summed E-state index contributed by atoms with van der Waals surface area (Å²) in [5, 5.41) is 13.9. The lowest BCUT2D eigenvalue weighted by atomic mass is 9.85. The summed E-state index contributed by atoms with van der Waals surface area (Å²) < 4.78 is 37.9. The van der Waals surface area contributed by atoms with Crippen molar-refractivity contribution in [3.63, 3.8) is 0 Å². The highest BCUT2D eigenvalue weighted by Crippen LogP contribution is 2.30. The molecule has 0 aromatic heterocycles. The Hall–Kier alpha value is -2.29. The van der Waals surface area contributed by atoms with Gasteiger partial charge < -0.3 is 15.7 Å². The number of carbonyl (C=O) groups excluding carboxylic acids is 1. The number of amides is 2. The third kappa shape index (κ3) is 5.35. The van der Waals surface area contributed by atoms with Crippen LogP contribution >= 0.6 is 0 Å². The van der Waals surface area contributed by atoms with E-state index in [1.165, 1.54) is 12.1 Å². The molecule has 0 atom stereocenters. The van der Waals surface area contributed by atoms with Crippen LogP contribution in [-0.2, 0) is 11.0 Å². The van der Waals surface area contributed by atoms with Crippen LogP contribution < -0.4 is 10.6 Å². The Kier molecular flexibility index (Phi) is 5.89. The fourth-order valence-corrected chi connectivity index (χ4v) is 2.80. The first-order valence-electron chi connectivity index (χ1n) is 7.89. The molecule has 1 saturated carbocycles. The third-order valence-corrected chi connectivity index (χ3v) is 4.16. The first-order chi connectivity index (χ1) is 11.7. The van der Waals surface area contributed by atoms with E-state index >= 15 is 0 Å². The van der Waals surface area contributed by atoms with Crippen LogP contribution in [0.4, 0.5) is 23.7 Å². The molecule has 1 aliphatic carbocycles. The van der Waals surface area contributed by atoms with E-state index in [1.54, 1.807) is 0 Å². The van der Waals surface area contributed by atoms with E-state index in [4.69, 9.17) is 5.11 Å². The molecule has 3 N–H and O–H groups in total. The maximum atomic E-state index is 12.6. The van der Waals surface area contributed by atoms with Crippen molar-refractivity contribution in [3.05, 3.63) is 29.8 Å². The number of aliphatic carboxylic acids is 1. The second-order valence-corrected chi connectivity index (χ2v) is 5.96. The van der Waals surface area contributed by atoms with Crippen LogP contribution in [0.15, 0.2) is 24.3 Å². The summed E-state index contributed by atoms with van der Waals surface area (Å²) in [6, 6.07) is 3.78. The van der Waals surface area contributed by atoms with E-state index in [0.29, 0.717) is 19.4 Å². The molecule has 2 amide bonds. The summed E-state index contributed by atoms with van der Waals surface area (Å²) in [5.74, 6) is -0.902. The van der Waals surface area contributed by atoms with Crippen molar-refractivity contribution < 1.29 is 27.9 Å². The van der Waals surface area contributed by atoms with E-state index in [1.807, 2.05) is 11.8 Å². The number of hydrogen-bond donors (Lipinski definition) is 3. The number of carboxylic acid groups (broad SMARTS) is 1. The second-order valence-electron chi connectivity index (χ2n) is 5.96. The van der Waals surface area contributed by atoms with Crippen molar-refractivity contribution in [1.82, 2.24) is 10.2 Å². The molecule has 25 heavy (non-hydrogen) atoms. The zero-order valence-corrected chi connectivity index (χ0v) is 13.6. The van der Waals surface area contributed by atoms with Gasteiger partial charge in [-0.3, -0.25) is 9.69 Å². The predicted octanol–water partition coefficient (Wildman–Crippen LogP) is 2.76. The molecule has 1 aromatic rings. The van der Waals surface area contributed by atoms with Crippen LogP contribution in [0.5, 0.6) is 0 Å². The molecule has 0 aliphatic heterocycles. The molecule has 9 heteroatoms. The molecule has 0 heterocycles. The Morgan fingerprint density at radius 3 is 2.56 bits per heavy atom. The topological polar surface area (TPSA) is 81.7 Å². The predicted molar refractivity (Wildman–Crippen MR) is 85.3 cm³/mol. The van der Waals surface area contributed by atoms with E-state index in [-0.39, 0.29) is 24.3 Å². The number of nitrogens with one attached hydrogen (secondary N) is 2. The highest BCUT2D eigenvalue weighted by atomic mass is 19.4. The molecular formula is C16H20F3N3O3. The van der Waals surface area contributed by atoms with Gasteiger partial charge in [-0.15, -0.1) is 0 Å². The number of benzene rings is 1. The van der Waals surface area contributed by atoms with Gasteiger partial charge in [-0.2, -0.15) is 13.2 Å². The van der Waals surface area contributed by atoms with Gasteiger partial charge in [0.2, 0.25) is 0 Å². The number of urea groups is 1. The molecule has 0 unspecified atom stereocenters. The van der Waals surface area contributed by atoms with E-state index in [2.05, 4.69) is 10.6 Å². The number of alkyl halides is 3. The van der Waals surface area contributed by atoms with Gasteiger partial charge in [0, 0.05) is 17.8 Å². The molecule has 0 saturated heterocycles. The summed E-state index contributed by atoms with van der Waals surface area (Å²) in [7, 11) is 0. The number of carboxylic acids is 1. The molecule has 0 bridgehead atoms. The number of nitrogens with zero attached hydrogens (tertiary/aromatic N) is 1. The van der Waals surface area contributed by atoms with Crippen LogP contribution in [0.1, 0.15) is 25.3 Å². The molecule has 1 fully saturated rings. The van der Waals surface area contributed by atoms with E-state index in [9.17, 15) is 22.8 Å². The lowest BCUT2D eigenvalue weighted by molar-refractivity contribution is -0.139. The normalized spacial score (nSPS) is 20.0. The van der Waals surface area contributed by atoms with Gasteiger partial charge in [0.1, 0.15) is 0 Å². The van der Waals surface area contributed by atoms with Crippen LogP contribution in [0.3, 0.4) is 0 Å². The number of anilines is 1. The van der Waals surface area contributed by atoms with Crippen molar-refractivity contribution in [2.45, 2.75) is 38.0 Å². The number of halogens is 3. The number of carbonyl (C=O) groups is 2.